The summed E-state index contributed by atoms with van der Waals surface area (Å²) < 4.78 is 39.1. The van der Waals surface area contributed by atoms with Gasteiger partial charge < -0.3 is 10.6 Å². The van der Waals surface area contributed by atoms with E-state index in [9.17, 15) is 13.2 Å². The van der Waals surface area contributed by atoms with Gasteiger partial charge in [0, 0.05) is 29.7 Å². The molecule has 1 aromatic rings. The summed E-state index contributed by atoms with van der Waals surface area (Å²) in [6, 6.07) is 1.32. The first-order chi connectivity index (χ1) is 10.5. The summed E-state index contributed by atoms with van der Waals surface area (Å²) in [6.45, 7) is 0. The predicted octanol–water partition coefficient (Wildman–Crippen LogP) is 3.33. The fourth-order valence-corrected chi connectivity index (χ4v) is 4.72. The number of nitrogens with zero attached hydrogens (tertiary/aromatic N) is 2. The van der Waals surface area contributed by atoms with Gasteiger partial charge in [0.15, 0.2) is 5.69 Å². The maximum atomic E-state index is 13.0. The summed E-state index contributed by atoms with van der Waals surface area (Å²) in [6.07, 6.45) is -2.60. The molecule has 4 nitrogen and oxygen atoms in total. The van der Waals surface area contributed by atoms with Crippen LogP contribution in [0.5, 0.6) is 0 Å². The van der Waals surface area contributed by atoms with Gasteiger partial charge in [-0.05, 0) is 24.3 Å². The number of rotatable bonds is 4. The minimum Gasteiger partial charge on any atom is -0.366 e. The van der Waals surface area contributed by atoms with Crippen molar-refractivity contribution in [3.05, 3.63) is 11.8 Å². The molecule has 2 aliphatic heterocycles. The van der Waals surface area contributed by atoms with E-state index in [-0.39, 0.29) is 23.8 Å². The lowest BCUT2D eigenvalue weighted by Gasteiger charge is -2.17. The molecule has 122 valence electrons. The molecule has 22 heavy (non-hydrogen) atoms. The fraction of sp³-hybridized carbons (Fsp3) is 0.692. The molecule has 2 aliphatic rings. The third kappa shape index (κ3) is 4.13. The molecule has 2 fully saturated rings. The van der Waals surface area contributed by atoms with Crippen LogP contribution in [0.1, 0.15) is 18.5 Å². The van der Waals surface area contributed by atoms with E-state index >= 15 is 0 Å². The van der Waals surface area contributed by atoms with Crippen LogP contribution in [0.25, 0.3) is 0 Å². The molecule has 0 unspecified atom stereocenters. The summed E-state index contributed by atoms with van der Waals surface area (Å²) in [5.74, 6) is 4.13. The Morgan fingerprint density at radius 2 is 1.64 bits per heavy atom. The number of thioether (sulfide) groups is 2. The van der Waals surface area contributed by atoms with Crippen LogP contribution in [-0.2, 0) is 6.18 Å². The Kier molecular flexibility index (Phi) is 4.91. The summed E-state index contributed by atoms with van der Waals surface area (Å²) in [4.78, 5) is 7.86. The van der Waals surface area contributed by atoms with Crippen molar-refractivity contribution >= 4 is 35.3 Å². The van der Waals surface area contributed by atoms with E-state index in [1.807, 2.05) is 0 Å². The van der Waals surface area contributed by atoms with Crippen LogP contribution in [-0.4, -0.2) is 45.1 Å². The Labute approximate surface area is 135 Å². The molecule has 0 aromatic carbocycles. The molecular formula is C13H17F3N4S2. The molecular weight excluding hydrogens is 333 g/mol. The van der Waals surface area contributed by atoms with Crippen molar-refractivity contribution in [2.24, 2.45) is 0 Å². The summed E-state index contributed by atoms with van der Waals surface area (Å²) in [5.41, 5.74) is -0.899. The largest absolute Gasteiger partial charge is 0.433 e. The Morgan fingerprint density at radius 3 is 2.18 bits per heavy atom. The van der Waals surface area contributed by atoms with Gasteiger partial charge in [-0.2, -0.15) is 41.7 Å². The molecule has 0 saturated carbocycles. The third-order valence-electron chi connectivity index (χ3n) is 3.56. The monoisotopic (exact) mass is 350 g/mol. The number of aromatic nitrogens is 2. The Bertz CT molecular complexity index is 478. The lowest BCUT2D eigenvalue weighted by atomic mass is 10.2. The summed E-state index contributed by atoms with van der Waals surface area (Å²) in [7, 11) is 0. The molecule has 2 saturated heterocycles. The van der Waals surface area contributed by atoms with E-state index in [0.29, 0.717) is 0 Å². The Hall–Kier alpha value is -0.830. The topological polar surface area (TPSA) is 49.8 Å². The van der Waals surface area contributed by atoms with Crippen LogP contribution in [0.2, 0.25) is 0 Å². The first-order valence-electron chi connectivity index (χ1n) is 7.15. The molecule has 2 atom stereocenters. The predicted molar refractivity (Wildman–Crippen MR) is 85.7 cm³/mol. The average Bonchev–Trinajstić information content (AvgIpc) is 3.11. The zero-order chi connectivity index (χ0) is 15.6. The summed E-state index contributed by atoms with van der Waals surface area (Å²) in [5, 5.41) is 6.13. The van der Waals surface area contributed by atoms with Crippen LogP contribution in [0, 0.1) is 0 Å². The lowest BCUT2D eigenvalue weighted by molar-refractivity contribution is -0.141. The molecule has 1 aromatic heterocycles. The van der Waals surface area contributed by atoms with Crippen molar-refractivity contribution in [2.45, 2.75) is 31.1 Å². The van der Waals surface area contributed by atoms with Crippen LogP contribution >= 0.6 is 23.5 Å². The third-order valence-corrected chi connectivity index (χ3v) is 5.89. The van der Waals surface area contributed by atoms with Crippen LogP contribution in [0.4, 0.5) is 24.9 Å². The van der Waals surface area contributed by atoms with E-state index in [4.69, 9.17) is 0 Å². The van der Waals surface area contributed by atoms with Crippen LogP contribution in [0.15, 0.2) is 6.07 Å². The van der Waals surface area contributed by atoms with Crippen molar-refractivity contribution in [3.63, 3.8) is 0 Å². The fourth-order valence-electron chi connectivity index (χ4n) is 2.42. The van der Waals surface area contributed by atoms with E-state index in [2.05, 4.69) is 20.6 Å². The van der Waals surface area contributed by atoms with Crippen LogP contribution in [0.3, 0.4) is 0 Å². The minimum atomic E-state index is -4.47. The maximum absolute atomic E-state index is 13.0. The van der Waals surface area contributed by atoms with Crippen molar-refractivity contribution in [2.75, 3.05) is 33.6 Å². The van der Waals surface area contributed by atoms with Crippen molar-refractivity contribution < 1.29 is 13.2 Å². The van der Waals surface area contributed by atoms with Gasteiger partial charge in [0.2, 0.25) is 5.95 Å². The molecule has 9 heteroatoms. The number of anilines is 2. The maximum Gasteiger partial charge on any atom is 0.433 e. The van der Waals surface area contributed by atoms with Crippen LogP contribution < -0.4 is 10.6 Å². The second kappa shape index (κ2) is 6.74. The SMILES string of the molecule is FC(F)(F)c1cc(N[C@H]2CCSC2)nc(N[C@@H]2CCSC2)n1. The normalized spacial score (nSPS) is 25.4. The van der Waals surface area contributed by atoms with E-state index in [1.54, 1.807) is 23.5 Å². The van der Waals surface area contributed by atoms with Gasteiger partial charge in [0.1, 0.15) is 5.82 Å². The number of alkyl halides is 3. The molecule has 0 amide bonds. The van der Waals surface area contributed by atoms with Gasteiger partial charge in [-0.1, -0.05) is 0 Å². The molecule has 0 aliphatic carbocycles. The van der Waals surface area contributed by atoms with Crippen molar-refractivity contribution in [1.29, 1.82) is 0 Å². The zero-order valence-corrected chi connectivity index (χ0v) is 13.5. The highest BCUT2D eigenvalue weighted by Gasteiger charge is 2.34. The number of nitrogens with one attached hydrogen (secondary N) is 2. The highest BCUT2D eigenvalue weighted by atomic mass is 32.2. The molecule has 0 radical (unpaired) electrons. The van der Waals surface area contributed by atoms with Gasteiger partial charge in [-0.15, -0.1) is 0 Å². The highest BCUT2D eigenvalue weighted by Crippen LogP contribution is 2.31. The quantitative estimate of drug-likeness (QED) is 0.869. The first kappa shape index (κ1) is 16.0. The molecule has 0 spiro atoms. The Morgan fingerprint density at radius 1 is 1.00 bits per heavy atom. The van der Waals surface area contributed by atoms with E-state index in [1.165, 1.54) is 0 Å². The second-order valence-corrected chi connectivity index (χ2v) is 7.67. The molecule has 0 bridgehead atoms. The van der Waals surface area contributed by atoms with Gasteiger partial charge in [-0.25, -0.2) is 4.98 Å². The summed E-state index contributed by atoms with van der Waals surface area (Å²) >= 11 is 3.58. The molecule has 2 N–H and O–H groups in total. The smallest absolute Gasteiger partial charge is 0.366 e. The lowest BCUT2D eigenvalue weighted by Crippen LogP contribution is -2.24. The van der Waals surface area contributed by atoms with Gasteiger partial charge in [0.25, 0.3) is 0 Å². The number of hydrogen-bond donors (Lipinski definition) is 2. The van der Waals surface area contributed by atoms with E-state index < -0.39 is 11.9 Å². The van der Waals surface area contributed by atoms with Crippen molar-refractivity contribution in [1.82, 2.24) is 9.97 Å². The zero-order valence-electron chi connectivity index (χ0n) is 11.8. The van der Waals surface area contributed by atoms with Gasteiger partial charge >= 0.3 is 6.18 Å². The molecule has 3 heterocycles. The second-order valence-electron chi connectivity index (χ2n) is 5.37. The number of halogens is 3. The average molecular weight is 350 g/mol. The first-order valence-corrected chi connectivity index (χ1v) is 9.46. The Balaban J connectivity index is 1.80. The van der Waals surface area contributed by atoms with E-state index in [0.717, 1.165) is 41.9 Å². The van der Waals surface area contributed by atoms with Gasteiger partial charge in [0.05, 0.1) is 0 Å². The highest BCUT2D eigenvalue weighted by molar-refractivity contribution is 7.99. The van der Waals surface area contributed by atoms with Crippen molar-refractivity contribution in [3.8, 4) is 0 Å². The van der Waals surface area contributed by atoms with Gasteiger partial charge in [-0.3, -0.25) is 0 Å². The number of hydrogen-bond acceptors (Lipinski definition) is 6. The standard InChI is InChI=1S/C13H17F3N4S2/c14-13(15,16)10-5-11(17-8-1-3-21-6-8)20-12(19-10)18-9-2-4-22-7-9/h5,8-9H,1-4,6-7H2,(H2,17,18,19,20)/t8-,9+/m0/s1. The molecule has 3 rings (SSSR count). The minimum absolute atomic E-state index is 0.0653.